The van der Waals surface area contributed by atoms with Gasteiger partial charge in [0.1, 0.15) is 12.3 Å². The number of Topliss-reactive ketones (excluding diaryl/α,β-unsaturated/α-hetero) is 1. The van der Waals surface area contributed by atoms with E-state index in [2.05, 4.69) is 15.6 Å². The minimum atomic E-state index is -0.464. The number of hydrogen-bond acceptors (Lipinski definition) is 9. The van der Waals surface area contributed by atoms with Crippen molar-refractivity contribution in [3.8, 4) is 11.5 Å². The molecule has 1 fully saturated rings. The average Bonchev–Trinajstić information content (AvgIpc) is 3.62. The number of methoxy groups -OCH3 is 1. The van der Waals surface area contributed by atoms with Gasteiger partial charge in [-0.1, -0.05) is 5.21 Å². The fourth-order valence-electron chi connectivity index (χ4n) is 4.18. The number of amides is 2. The van der Waals surface area contributed by atoms with Gasteiger partial charge >= 0.3 is 0 Å². The van der Waals surface area contributed by atoms with E-state index < -0.39 is 12.1 Å². The Balaban J connectivity index is 1.41. The molecule has 0 radical (unpaired) electrons. The second-order valence-electron chi connectivity index (χ2n) is 8.55. The van der Waals surface area contributed by atoms with Crippen LogP contribution < -0.4 is 14.8 Å². The molecular weight excluding hydrogens is 486 g/mol. The minimum Gasteiger partial charge on any atom is -0.493 e. The molecule has 36 heavy (non-hydrogen) atoms. The van der Waals surface area contributed by atoms with Crippen molar-refractivity contribution in [1.29, 1.82) is 0 Å². The van der Waals surface area contributed by atoms with Gasteiger partial charge in [-0.3, -0.25) is 14.4 Å². The molecule has 2 aliphatic heterocycles. The number of benzene rings is 1. The van der Waals surface area contributed by atoms with Crippen LogP contribution in [0.5, 0.6) is 11.5 Å². The van der Waals surface area contributed by atoms with Gasteiger partial charge in [0.2, 0.25) is 0 Å². The van der Waals surface area contributed by atoms with Gasteiger partial charge in [0.15, 0.2) is 17.3 Å². The second-order valence-corrected chi connectivity index (χ2v) is 9.63. The Morgan fingerprint density at radius 1 is 1.19 bits per heavy atom. The molecule has 4 bridgehead atoms. The van der Waals surface area contributed by atoms with E-state index in [0.29, 0.717) is 45.7 Å². The van der Waals surface area contributed by atoms with Gasteiger partial charge in [-0.2, -0.15) is 0 Å². The summed E-state index contributed by atoms with van der Waals surface area (Å²) in [5.41, 5.74) is 1.03. The average molecular weight is 512 g/mol. The van der Waals surface area contributed by atoms with Crippen LogP contribution in [0.2, 0.25) is 0 Å². The van der Waals surface area contributed by atoms with Crippen LogP contribution in [0.3, 0.4) is 0 Å². The smallest absolute Gasteiger partial charge is 0.264 e. The molecule has 12 heteroatoms. The third-order valence-electron chi connectivity index (χ3n) is 6.07. The van der Waals surface area contributed by atoms with Gasteiger partial charge in [-0.15, -0.1) is 16.4 Å². The SMILES string of the molecule is COc1ccc2cc1OCCn1cc(nn1)CO[C@H]1CN(C(=O)c3ccc(C(C)=O)s3)C[C@@H]1NC2=O. The third kappa shape index (κ3) is 4.95. The summed E-state index contributed by atoms with van der Waals surface area (Å²) in [7, 11) is 1.53. The van der Waals surface area contributed by atoms with Crippen LogP contribution >= 0.6 is 11.3 Å². The lowest BCUT2D eigenvalue weighted by Gasteiger charge is -2.20. The highest BCUT2D eigenvalue weighted by atomic mass is 32.1. The van der Waals surface area contributed by atoms with Crippen LogP contribution in [0.25, 0.3) is 0 Å². The minimum absolute atomic E-state index is 0.0872. The Labute approximate surface area is 210 Å². The molecule has 2 aromatic heterocycles. The van der Waals surface area contributed by atoms with Gasteiger partial charge in [-0.05, 0) is 37.3 Å². The summed E-state index contributed by atoms with van der Waals surface area (Å²) in [5, 5.41) is 11.3. The van der Waals surface area contributed by atoms with E-state index in [0.717, 1.165) is 11.3 Å². The molecule has 4 heterocycles. The molecule has 0 unspecified atom stereocenters. The van der Waals surface area contributed by atoms with E-state index in [9.17, 15) is 14.4 Å². The molecule has 0 spiro atoms. The molecule has 0 aliphatic carbocycles. The quantitative estimate of drug-likeness (QED) is 0.528. The van der Waals surface area contributed by atoms with Crippen LogP contribution in [0.4, 0.5) is 0 Å². The van der Waals surface area contributed by atoms with Crippen molar-refractivity contribution in [2.75, 3.05) is 26.8 Å². The van der Waals surface area contributed by atoms with Crippen molar-refractivity contribution in [2.45, 2.75) is 32.2 Å². The number of ether oxygens (including phenoxy) is 3. The lowest BCUT2D eigenvalue weighted by Crippen LogP contribution is -2.44. The number of hydrogen-bond donors (Lipinski definition) is 1. The first-order valence-corrected chi connectivity index (χ1v) is 12.3. The van der Waals surface area contributed by atoms with Crippen LogP contribution in [0, 0.1) is 0 Å². The van der Waals surface area contributed by atoms with Crippen LogP contribution in [-0.4, -0.2) is 76.4 Å². The van der Waals surface area contributed by atoms with Crippen molar-refractivity contribution >= 4 is 28.9 Å². The highest BCUT2D eigenvalue weighted by Gasteiger charge is 2.38. The predicted octanol–water partition coefficient (Wildman–Crippen LogP) is 1.78. The lowest BCUT2D eigenvalue weighted by atomic mass is 10.1. The zero-order valence-corrected chi connectivity index (χ0v) is 20.6. The molecular formula is C24H25N5O6S. The van der Waals surface area contributed by atoms with Crippen molar-refractivity contribution in [3.63, 3.8) is 0 Å². The van der Waals surface area contributed by atoms with Gasteiger partial charge in [0, 0.05) is 18.7 Å². The normalized spacial score (nSPS) is 19.9. The summed E-state index contributed by atoms with van der Waals surface area (Å²) in [6.45, 7) is 2.94. The van der Waals surface area contributed by atoms with Crippen LogP contribution in [-0.2, 0) is 17.9 Å². The van der Waals surface area contributed by atoms with Crippen LogP contribution in [0.1, 0.15) is 42.3 Å². The number of likely N-dealkylation sites (tertiary alicyclic amines) is 1. The van der Waals surface area contributed by atoms with E-state index in [1.54, 1.807) is 46.1 Å². The van der Waals surface area contributed by atoms with Gasteiger partial charge in [0.05, 0.1) is 48.4 Å². The number of aromatic nitrogens is 3. The fraction of sp³-hybridized carbons (Fsp3) is 0.375. The summed E-state index contributed by atoms with van der Waals surface area (Å²) in [6, 6.07) is 7.81. The fourth-order valence-corrected chi connectivity index (χ4v) is 5.05. The van der Waals surface area contributed by atoms with Crippen molar-refractivity contribution < 1.29 is 28.6 Å². The van der Waals surface area contributed by atoms with Crippen molar-refractivity contribution in [1.82, 2.24) is 25.2 Å². The third-order valence-corrected chi connectivity index (χ3v) is 7.24. The Bertz CT molecular complexity index is 1300. The van der Waals surface area contributed by atoms with E-state index in [1.165, 1.54) is 14.0 Å². The Hall–Kier alpha value is -3.77. The molecule has 2 amide bonds. The first-order valence-electron chi connectivity index (χ1n) is 11.4. The van der Waals surface area contributed by atoms with E-state index in [1.807, 2.05) is 0 Å². The summed E-state index contributed by atoms with van der Waals surface area (Å²) in [6.07, 6.45) is 1.31. The maximum Gasteiger partial charge on any atom is 0.264 e. The second kappa shape index (κ2) is 10.1. The molecule has 1 aromatic carbocycles. The molecule has 3 aromatic rings. The molecule has 1 saturated heterocycles. The molecule has 2 aliphatic rings. The number of nitrogens with zero attached hydrogens (tertiary/aromatic N) is 4. The maximum atomic E-state index is 13.2. The molecule has 188 valence electrons. The largest absolute Gasteiger partial charge is 0.493 e. The molecule has 2 atom stereocenters. The van der Waals surface area contributed by atoms with Gasteiger partial charge in [0.25, 0.3) is 11.8 Å². The van der Waals surface area contributed by atoms with Gasteiger partial charge in [-0.25, -0.2) is 4.68 Å². The van der Waals surface area contributed by atoms with E-state index in [4.69, 9.17) is 14.2 Å². The standard InChI is InChI=1S/C24H25N5O6S/c1-14(30)21-5-6-22(36-21)24(32)28-11-17-20(12-28)35-13-16-10-29(27-26-16)7-8-34-19-9-15(23(31)25-17)3-4-18(19)33-2/h3-6,9-10,17,20H,7-8,11-13H2,1-2H3,(H,25,31)/t17-,20-/m0/s1. The number of carbonyl (C=O) groups is 3. The Morgan fingerprint density at radius 3 is 2.81 bits per heavy atom. The zero-order chi connectivity index (χ0) is 25.2. The highest BCUT2D eigenvalue weighted by Crippen LogP contribution is 2.29. The van der Waals surface area contributed by atoms with E-state index >= 15 is 0 Å². The zero-order valence-electron chi connectivity index (χ0n) is 19.8. The summed E-state index contributed by atoms with van der Waals surface area (Å²) in [4.78, 5) is 40.6. The first kappa shape index (κ1) is 23.9. The lowest BCUT2D eigenvalue weighted by molar-refractivity contribution is 0.0291. The maximum absolute atomic E-state index is 13.2. The summed E-state index contributed by atoms with van der Waals surface area (Å²) in [5.74, 6) is 0.337. The number of carbonyl (C=O) groups excluding carboxylic acids is 3. The topological polar surface area (TPSA) is 125 Å². The summed E-state index contributed by atoms with van der Waals surface area (Å²) >= 11 is 1.16. The van der Waals surface area contributed by atoms with Crippen molar-refractivity contribution in [3.05, 3.63) is 57.5 Å². The van der Waals surface area contributed by atoms with Gasteiger partial charge < -0.3 is 24.4 Å². The Kier molecular flexibility index (Phi) is 6.70. The number of rotatable bonds is 3. The highest BCUT2D eigenvalue weighted by molar-refractivity contribution is 7.15. The number of thiophene rings is 1. The van der Waals surface area contributed by atoms with Crippen LogP contribution in [0.15, 0.2) is 36.5 Å². The summed E-state index contributed by atoms with van der Waals surface area (Å²) < 4.78 is 19.0. The molecule has 5 rings (SSSR count). The molecule has 11 nitrogen and oxygen atoms in total. The molecule has 0 saturated carbocycles. The first-order chi connectivity index (χ1) is 17.4. The number of nitrogens with one attached hydrogen (secondary N) is 1. The molecule has 1 N–H and O–H groups in total. The Morgan fingerprint density at radius 2 is 2.03 bits per heavy atom. The monoisotopic (exact) mass is 511 g/mol. The predicted molar refractivity (Wildman–Crippen MR) is 129 cm³/mol. The van der Waals surface area contributed by atoms with Crippen molar-refractivity contribution in [2.24, 2.45) is 0 Å². The number of fused-ring (bicyclic) bond motifs is 5. The van der Waals surface area contributed by atoms with E-state index in [-0.39, 0.29) is 37.3 Å². The number of ketones is 1.